The number of hydrogen-bond acceptors (Lipinski definition) is 5. The van der Waals surface area contributed by atoms with Crippen LogP contribution in [0.4, 0.5) is 4.79 Å². The summed E-state index contributed by atoms with van der Waals surface area (Å²) in [5.41, 5.74) is 0.883. The topological polar surface area (TPSA) is 85.2 Å². The molecule has 2 saturated carbocycles. The standard InChI is InChI=1S/C20H38O2.CH2O4/c1-19(2,3)15-7-11-17(12-8-15)21-22-18-13-9-16(10-14-18)20(4,5)6;2-1(3)5-4/h15-18H,7-14H2,1-6H3;4H,(H,2,3). The summed E-state index contributed by atoms with van der Waals surface area (Å²) in [5.74, 6) is 1.68. The molecule has 0 unspecified atom stereocenters. The molecule has 0 amide bonds. The Balaban J connectivity index is 0.000000646. The van der Waals surface area contributed by atoms with E-state index in [1.54, 1.807) is 0 Å². The second-order valence-corrected chi connectivity index (χ2v) is 10.2. The quantitative estimate of drug-likeness (QED) is 0.436. The molecule has 0 aliphatic heterocycles. The second-order valence-electron chi connectivity index (χ2n) is 10.2. The van der Waals surface area contributed by atoms with Gasteiger partial charge in [-0.15, -0.1) is 0 Å². The van der Waals surface area contributed by atoms with E-state index in [2.05, 4.69) is 46.4 Å². The van der Waals surface area contributed by atoms with Crippen LogP contribution in [0.2, 0.25) is 0 Å². The first-order valence-corrected chi connectivity index (χ1v) is 10.3. The third-order valence-corrected chi connectivity index (χ3v) is 6.20. The lowest BCUT2D eigenvalue weighted by molar-refractivity contribution is -0.360. The van der Waals surface area contributed by atoms with Crippen molar-refractivity contribution >= 4 is 6.16 Å². The molecule has 2 fully saturated rings. The van der Waals surface area contributed by atoms with E-state index in [0.29, 0.717) is 23.0 Å². The number of carboxylic acid groups (broad SMARTS) is 1. The second kappa shape index (κ2) is 10.6. The molecule has 6 heteroatoms. The van der Waals surface area contributed by atoms with Gasteiger partial charge in [-0.2, -0.15) is 5.26 Å². The predicted molar refractivity (Wildman–Crippen MR) is 104 cm³/mol. The molecule has 6 nitrogen and oxygen atoms in total. The van der Waals surface area contributed by atoms with Crippen molar-refractivity contribution in [3.8, 4) is 0 Å². The minimum Gasteiger partial charge on any atom is -0.448 e. The van der Waals surface area contributed by atoms with Crippen LogP contribution >= 0.6 is 0 Å². The molecule has 2 rings (SSSR count). The SMILES string of the molecule is CC(C)(C)C1CCC(OOC2CCC(C(C)(C)C)CC2)CC1.O=C(O)OO. The Labute approximate surface area is 164 Å². The summed E-state index contributed by atoms with van der Waals surface area (Å²) in [7, 11) is 0. The molecule has 0 aromatic rings. The summed E-state index contributed by atoms with van der Waals surface area (Å²) in [6.45, 7) is 14.2. The van der Waals surface area contributed by atoms with Gasteiger partial charge in [0.15, 0.2) is 0 Å². The van der Waals surface area contributed by atoms with Crippen LogP contribution in [0.25, 0.3) is 0 Å². The van der Waals surface area contributed by atoms with E-state index in [1.807, 2.05) is 0 Å². The van der Waals surface area contributed by atoms with Gasteiger partial charge in [0, 0.05) is 0 Å². The van der Waals surface area contributed by atoms with Crippen molar-refractivity contribution in [2.45, 2.75) is 105 Å². The summed E-state index contributed by atoms with van der Waals surface area (Å²) in [4.78, 5) is 23.2. The minimum absolute atomic E-state index is 0.332. The first-order valence-electron chi connectivity index (χ1n) is 10.3. The summed E-state index contributed by atoms with van der Waals surface area (Å²) in [6, 6.07) is 0. The van der Waals surface area contributed by atoms with Gasteiger partial charge in [0.2, 0.25) is 0 Å². The monoisotopic (exact) mass is 388 g/mol. The maximum absolute atomic E-state index is 8.90. The average molecular weight is 389 g/mol. The fourth-order valence-electron chi connectivity index (χ4n) is 4.21. The summed E-state index contributed by atoms with van der Waals surface area (Å²) in [5, 5.41) is 14.3. The summed E-state index contributed by atoms with van der Waals surface area (Å²) in [6.07, 6.45) is 8.78. The van der Waals surface area contributed by atoms with E-state index in [-0.39, 0.29) is 0 Å². The normalized spacial score (nSPS) is 29.4. The molecular weight excluding hydrogens is 348 g/mol. The van der Waals surface area contributed by atoms with Crippen LogP contribution in [0.5, 0.6) is 0 Å². The molecule has 0 aromatic heterocycles. The van der Waals surface area contributed by atoms with Crippen LogP contribution in [-0.4, -0.2) is 28.7 Å². The fraction of sp³-hybridized carbons (Fsp3) is 0.952. The first-order chi connectivity index (χ1) is 12.4. The van der Waals surface area contributed by atoms with E-state index in [1.165, 1.54) is 51.4 Å². The molecule has 2 aliphatic carbocycles. The van der Waals surface area contributed by atoms with Crippen molar-refractivity contribution < 1.29 is 29.8 Å². The van der Waals surface area contributed by atoms with Gasteiger partial charge < -0.3 is 5.11 Å². The predicted octanol–water partition coefficient (Wildman–Crippen LogP) is 6.30. The highest BCUT2D eigenvalue weighted by Gasteiger charge is 2.33. The zero-order valence-corrected chi connectivity index (χ0v) is 18.0. The van der Waals surface area contributed by atoms with Crippen LogP contribution in [-0.2, 0) is 14.7 Å². The molecule has 0 atom stereocenters. The molecule has 27 heavy (non-hydrogen) atoms. The van der Waals surface area contributed by atoms with Gasteiger partial charge in [-0.05, 0) is 74.0 Å². The molecule has 0 spiro atoms. The zero-order chi connectivity index (χ0) is 20.7. The molecular formula is C21H40O6. The van der Waals surface area contributed by atoms with E-state index in [9.17, 15) is 0 Å². The van der Waals surface area contributed by atoms with Crippen molar-refractivity contribution in [3.05, 3.63) is 0 Å². The van der Waals surface area contributed by atoms with Crippen molar-refractivity contribution in [2.24, 2.45) is 22.7 Å². The minimum atomic E-state index is -1.69. The highest BCUT2D eigenvalue weighted by molar-refractivity contribution is 5.55. The van der Waals surface area contributed by atoms with Crippen LogP contribution in [0.15, 0.2) is 0 Å². The van der Waals surface area contributed by atoms with Gasteiger partial charge >= 0.3 is 6.16 Å². The lowest BCUT2D eigenvalue weighted by Gasteiger charge is -2.38. The van der Waals surface area contributed by atoms with Gasteiger partial charge in [-0.25, -0.2) is 14.6 Å². The van der Waals surface area contributed by atoms with E-state index >= 15 is 0 Å². The maximum Gasteiger partial charge on any atom is 0.537 e. The average Bonchev–Trinajstić information content (AvgIpc) is 2.59. The van der Waals surface area contributed by atoms with Crippen LogP contribution in [0, 0.1) is 22.7 Å². The number of hydrogen-bond donors (Lipinski definition) is 2. The number of rotatable bonds is 3. The Bertz CT molecular complexity index is 387. The molecule has 0 bridgehead atoms. The largest absolute Gasteiger partial charge is 0.537 e. The maximum atomic E-state index is 8.90. The number of carbonyl (C=O) groups is 1. The third-order valence-electron chi connectivity index (χ3n) is 6.20. The Morgan fingerprint density at radius 1 is 0.704 bits per heavy atom. The van der Waals surface area contributed by atoms with Crippen molar-refractivity contribution in [3.63, 3.8) is 0 Å². The first kappa shape index (κ1) is 24.2. The Hall–Kier alpha value is -0.850. The van der Waals surface area contributed by atoms with Crippen LogP contribution < -0.4 is 0 Å². The van der Waals surface area contributed by atoms with Crippen molar-refractivity contribution in [2.75, 3.05) is 0 Å². The van der Waals surface area contributed by atoms with E-state index in [4.69, 9.17) is 24.9 Å². The Morgan fingerprint density at radius 3 is 1.15 bits per heavy atom. The van der Waals surface area contributed by atoms with Gasteiger partial charge in [0.25, 0.3) is 0 Å². The third kappa shape index (κ3) is 9.26. The molecule has 0 saturated heterocycles. The summed E-state index contributed by atoms with van der Waals surface area (Å²) < 4.78 is 0. The lowest BCUT2D eigenvalue weighted by Crippen LogP contribution is -2.32. The molecule has 0 heterocycles. The molecule has 0 radical (unpaired) electrons. The molecule has 160 valence electrons. The van der Waals surface area contributed by atoms with Crippen molar-refractivity contribution in [1.29, 1.82) is 0 Å². The smallest absolute Gasteiger partial charge is 0.448 e. The molecule has 0 aromatic carbocycles. The van der Waals surface area contributed by atoms with Crippen molar-refractivity contribution in [1.82, 2.24) is 0 Å². The summed E-state index contributed by atoms with van der Waals surface area (Å²) >= 11 is 0. The van der Waals surface area contributed by atoms with Gasteiger partial charge in [-0.1, -0.05) is 41.5 Å². The lowest BCUT2D eigenvalue weighted by atomic mass is 9.72. The highest BCUT2D eigenvalue weighted by Crippen LogP contribution is 2.40. The van der Waals surface area contributed by atoms with Gasteiger partial charge in [0.05, 0.1) is 12.2 Å². The van der Waals surface area contributed by atoms with E-state index in [0.717, 1.165) is 11.8 Å². The van der Waals surface area contributed by atoms with Crippen LogP contribution in [0.1, 0.15) is 92.9 Å². The Morgan fingerprint density at radius 2 is 0.963 bits per heavy atom. The highest BCUT2D eigenvalue weighted by atomic mass is 17.2. The fourth-order valence-corrected chi connectivity index (χ4v) is 4.21. The van der Waals surface area contributed by atoms with Gasteiger partial charge in [0.1, 0.15) is 0 Å². The van der Waals surface area contributed by atoms with E-state index < -0.39 is 6.16 Å². The molecule has 2 N–H and O–H groups in total. The Kier molecular flexibility index (Phi) is 9.52. The van der Waals surface area contributed by atoms with Gasteiger partial charge in [-0.3, -0.25) is 4.89 Å². The molecule has 2 aliphatic rings. The van der Waals surface area contributed by atoms with Crippen LogP contribution in [0.3, 0.4) is 0 Å². The zero-order valence-electron chi connectivity index (χ0n) is 18.0.